The molecular weight excluding hydrogens is 352 g/mol. The van der Waals surface area contributed by atoms with E-state index < -0.39 is 0 Å². The average molecular weight is 385 g/mol. The monoisotopic (exact) mass is 384 g/mol. The van der Waals surface area contributed by atoms with Gasteiger partial charge in [0, 0.05) is 15.8 Å². The van der Waals surface area contributed by atoms with Crippen LogP contribution in [-0.4, -0.2) is 42.4 Å². The third-order valence-electron chi connectivity index (χ3n) is 6.81. The van der Waals surface area contributed by atoms with E-state index in [1.807, 2.05) is 11.8 Å². The Morgan fingerprint density at radius 3 is 2.63 bits per heavy atom. The number of nitrogens with zero attached hydrogens (tertiary/aromatic N) is 1. The fraction of sp³-hybridized carbons (Fsp3) is 0.565. The molecule has 2 heterocycles. The van der Waals surface area contributed by atoms with E-state index in [1.54, 1.807) is 0 Å². The molecule has 146 valence electrons. The molecule has 2 aliphatic rings. The van der Waals surface area contributed by atoms with Crippen molar-refractivity contribution in [1.29, 1.82) is 0 Å². The highest BCUT2D eigenvalue weighted by atomic mass is 32.2. The molecule has 4 heteroatoms. The van der Waals surface area contributed by atoms with Gasteiger partial charge in [-0.15, -0.1) is 11.8 Å². The van der Waals surface area contributed by atoms with E-state index in [4.69, 9.17) is 4.74 Å². The number of benzene rings is 1. The number of aromatic amines is 1. The van der Waals surface area contributed by atoms with E-state index in [1.165, 1.54) is 27.1 Å². The Balaban J connectivity index is 1.70. The van der Waals surface area contributed by atoms with Gasteiger partial charge in [0.25, 0.3) is 0 Å². The third-order valence-corrected chi connectivity index (χ3v) is 7.80. The summed E-state index contributed by atoms with van der Waals surface area (Å²) in [4.78, 5) is 7.72. The summed E-state index contributed by atoms with van der Waals surface area (Å²) in [5.74, 6) is 0. The molecule has 1 aromatic carbocycles. The summed E-state index contributed by atoms with van der Waals surface area (Å²) >= 11 is 1.92. The van der Waals surface area contributed by atoms with Crippen LogP contribution in [0.5, 0.6) is 0 Å². The van der Waals surface area contributed by atoms with E-state index in [-0.39, 0.29) is 11.1 Å². The Morgan fingerprint density at radius 2 is 1.96 bits per heavy atom. The highest BCUT2D eigenvalue weighted by Crippen LogP contribution is 2.52. The van der Waals surface area contributed by atoms with Gasteiger partial charge in [-0.1, -0.05) is 31.2 Å². The van der Waals surface area contributed by atoms with Gasteiger partial charge in [0.2, 0.25) is 0 Å². The maximum atomic E-state index is 6.53. The highest BCUT2D eigenvalue weighted by Gasteiger charge is 2.49. The van der Waals surface area contributed by atoms with Crippen molar-refractivity contribution in [3.63, 3.8) is 0 Å². The lowest BCUT2D eigenvalue weighted by Gasteiger charge is -2.51. The number of para-hydroxylation sites is 1. The van der Waals surface area contributed by atoms with Crippen LogP contribution in [0.1, 0.15) is 50.3 Å². The van der Waals surface area contributed by atoms with Crippen molar-refractivity contribution in [2.24, 2.45) is 0 Å². The zero-order chi connectivity index (χ0) is 19.1. The molecule has 1 saturated carbocycles. The van der Waals surface area contributed by atoms with Crippen LogP contribution in [0.3, 0.4) is 0 Å². The molecule has 1 N–H and O–H groups in total. The highest BCUT2D eigenvalue weighted by molar-refractivity contribution is 8.02. The van der Waals surface area contributed by atoms with Crippen LogP contribution in [0, 0.1) is 0 Å². The van der Waals surface area contributed by atoms with Crippen LogP contribution in [0.25, 0.3) is 10.9 Å². The van der Waals surface area contributed by atoms with E-state index >= 15 is 0 Å². The summed E-state index contributed by atoms with van der Waals surface area (Å²) in [5.41, 5.74) is 4.11. The van der Waals surface area contributed by atoms with Gasteiger partial charge in [-0.25, -0.2) is 0 Å². The molecule has 27 heavy (non-hydrogen) atoms. The summed E-state index contributed by atoms with van der Waals surface area (Å²) in [6.07, 6.45) is 11.2. The maximum Gasteiger partial charge on any atom is 0.108 e. The lowest BCUT2D eigenvalue weighted by molar-refractivity contribution is -0.105. The first-order valence-electron chi connectivity index (χ1n) is 10.2. The molecule has 4 rings (SSSR count). The molecule has 2 aromatic rings. The SMILES string of the molecule is CC/C=C(\SC)C1(N(C)C)CCC2(CC1)OCCc1c2[nH]c2ccccc12. The number of hydrogen-bond acceptors (Lipinski definition) is 3. The number of hydrogen-bond donors (Lipinski definition) is 1. The van der Waals surface area contributed by atoms with Gasteiger partial charge >= 0.3 is 0 Å². The van der Waals surface area contributed by atoms with Gasteiger partial charge in [-0.3, -0.25) is 4.90 Å². The van der Waals surface area contributed by atoms with E-state index in [0.29, 0.717) is 0 Å². The van der Waals surface area contributed by atoms with Crippen LogP contribution in [0.2, 0.25) is 0 Å². The van der Waals surface area contributed by atoms with Gasteiger partial charge < -0.3 is 9.72 Å². The van der Waals surface area contributed by atoms with Crippen LogP contribution in [-0.2, 0) is 16.8 Å². The van der Waals surface area contributed by atoms with E-state index in [9.17, 15) is 0 Å². The van der Waals surface area contributed by atoms with E-state index in [0.717, 1.165) is 45.1 Å². The first-order valence-corrected chi connectivity index (χ1v) is 11.4. The Morgan fingerprint density at radius 1 is 1.22 bits per heavy atom. The number of H-pyrrole nitrogens is 1. The van der Waals surface area contributed by atoms with Crippen molar-refractivity contribution in [2.45, 2.75) is 56.6 Å². The topological polar surface area (TPSA) is 28.3 Å². The van der Waals surface area contributed by atoms with Gasteiger partial charge in [0.05, 0.1) is 17.8 Å². The number of ether oxygens (including phenoxy) is 1. The second-order valence-corrected chi connectivity index (χ2v) is 9.07. The minimum absolute atomic E-state index is 0.137. The first kappa shape index (κ1) is 19.1. The Kier molecular flexibility index (Phi) is 5.17. The lowest BCUT2D eigenvalue weighted by Crippen LogP contribution is -2.52. The molecule has 0 atom stereocenters. The zero-order valence-electron chi connectivity index (χ0n) is 17.1. The van der Waals surface area contributed by atoms with Gasteiger partial charge in [-0.2, -0.15) is 0 Å². The quantitative estimate of drug-likeness (QED) is 0.758. The summed E-state index contributed by atoms with van der Waals surface area (Å²) in [6, 6.07) is 8.73. The number of allylic oxidation sites excluding steroid dienone is 1. The Bertz CT molecular complexity index is 843. The summed E-state index contributed by atoms with van der Waals surface area (Å²) in [6.45, 7) is 3.08. The summed E-state index contributed by atoms with van der Waals surface area (Å²) in [5, 5.41) is 1.38. The second-order valence-electron chi connectivity index (χ2n) is 8.22. The molecule has 0 saturated heterocycles. The number of thioether (sulfide) groups is 1. The number of nitrogens with one attached hydrogen (secondary N) is 1. The van der Waals surface area contributed by atoms with Gasteiger partial charge in [-0.05, 0) is 70.5 Å². The van der Waals surface area contributed by atoms with Crippen LogP contribution in [0.15, 0.2) is 35.2 Å². The maximum absolute atomic E-state index is 6.53. The van der Waals surface area contributed by atoms with Crippen molar-refractivity contribution in [1.82, 2.24) is 9.88 Å². The number of rotatable bonds is 4. The van der Waals surface area contributed by atoms with Crippen molar-refractivity contribution in [2.75, 3.05) is 27.0 Å². The van der Waals surface area contributed by atoms with Crippen molar-refractivity contribution in [3.8, 4) is 0 Å². The second kappa shape index (κ2) is 7.31. The molecule has 0 bridgehead atoms. The van der Waals surface area contributed by atoms with Crippen molar-refractivity contribution in [3.05, 3.63) is 46.5 Å². The largest absolute Gasteiger partial charge is 0.368 e. The van der Waals surface area contributed by atoms with Crippen LogP contribution >= 0.6 is 11.8 Å². The fourth-order valence-corrected chi connectivity index (χ4v) is 6.39. The van der Waals surface area contributed by atoms with E-state index in [2.05, 4.69) is 67.5 Å². The minimum atomic E-state index is -0.137. The molecule has 1 aliphatic heterocycles. The molecular formula is C23H32N2OS. The molecule has 0 radical (unpaired) electrons. The van der Waals surface area contributed by atoms with Gasteiger partial charge in [0.1, 0.15) is 5.60 Å². The standard InChI is InChI=1S/C23H32N2OS/c1-5-8-20(27-4)22(25(2)3)12-14-23(15-13-22)21-18(11-16-26-23)17-9-6-7-10-19(17)24-21/h6-10,24H,5,11-16H2,1-4H3/b20-8-. The smallest absolute Gasteiger partial charge is 0.108 e. The summed E-state index contributed by atoms with van der Waals surface area (Å²) in [7, 11) is 4.49. The molecule has 1 aromatic heterocycles. The van der Waals surface area contributed by atoms with Crippen molar-refractivity contribution < 1.29 is 4.74 Å². The Hall–Kier alpha value is -1.23. The predicted octanol–water partition coefficient (Wildman–Crippen LogP) is 5.47. The molecule has 3 nitrogen and oxygen atoms in total. The zero-order valence-corrected chi connectivity index (χ0v) is 17.9. The van der Waals surface area contributed by atoms with Crippen molar-refractivity contribution >= 4 is 22.7 Å². The van der Waals surface area contributed by atoms with Crippen LogP contribution < -0.4 is 0 Å². The van der Waals surface area contributed by atoms with Crippen LogP contribution in [0.4, 0.5) is 0 Å². The fourth-order valence-electron chi connectivity index (χ4n) is 5.29. The average Bonchev–Trinajstić information content (AvgIpc) is 3.07. The number of likely N-dealkylation sites (N-methyl/N-ethyl adjacent to an activating group) is 1. The molecule has 0 unspecified atom stereocenters. The first-order chi connectivity index (χ1) is 13.1. The Labute approximate surface area is 167 Å². The number of aromatic nitrogens is 1. The molecule has 1 spiro atoms. The van der Waals surface area contributed by atoms with Gasteiger partial charge in [0.15, 0.2) is 0 Å². The normalized spacial score (nSPS) is 28.9. The number of fused-ring (bicyclic) bond motifs is 4. The predicted molar refractivity (Wildman–Crippen MR) is 116 cm³/mol. The molecule has 1 aliphatic carbocycles. The molecule has 0 amide bonds. The third kappa shape index (κ3) is 2.97. The lowest BCUT2D eigenvalue weighted by atomic mass is 9.70. The molecule has 1 fully saturated rings. The summed E-state index contributed by atoms with van der Waals surface area (Å²) < 4.78 is 6.53. The minimum Gasteiger partial charge on any atom is -0.368 e.